The zero-order valence-corrected chi connectivity index (χ0v) is 14.7. The minimum absolute atomic E-state index is 0.605. The van der Waals surface area contributed by atoms with E-state index in [1.54, 1.807) is 0 Å². The van der Waals surface area contributed by atoms with Crippen LogP contribution in [0.2, 0.25) is 0 Å². The maximum Gasteiger partial charge on any atom is 0.0237 e. The Bertz CT molecular complexity index is 807. The van der Waals surface area contributed by atoms with Crippen LogP contribution in [0.4, 0.5) is 0 Å². The summed E-state index contributed by atoms with van der Waals surface area (Å²) in [6.07, 6.45) is 2.34. The van der Waals surface area contributed by atoms with Crippen LogP contribution in [0.3, 0.4) is 0 Å². The topological polar surface area (TPSA) is 15.3 Å². The third-order valence-electron chi connectivity index (χ3n) is 5.33. The van der Waals surface area contributed by atoms with Crippen molar-refractivity contribution in [2.75, 3.05) is 19.6 Å². The molecule has 4 rings (SSSR count). The lowest BCUT2D eigenvalue weighted by molar-refractivity contribution is 0.145. The Morgan fingerprint density at radius 1 is 0.880 bits per heavy atom. The Kier molecular flexibility index (Phi) is 5.10. The van der Waals surface area contributed by atoms with E-state index in [0.717, 1.165) is 32.6 Å². The lowest BCUT2D eigenvalue weighted by Crippen LogP contribution is -2.50. The van der Waals surface area contributed by atoms with Crippen LogP contribution in [-0.4, -0.2) is 30.6 Å². The SMILES string of the molecule is c1ccc(CN2CCNCC2CCc2cccc3ccccc23)cc1. The highest BCUT2D eigenvalue weighted by atomic mass is 15.2. The molecule has 1 unspecified atom stereocenters. The van der Waals surface area contributed by atoms with Gasteiger partial charge in [0.1, 0.15) is 0 Å². The van der Waals surface area contributed by atoms with Crippen molar-refractivity contribution in [2.45, 2.75) is 25.4 Å². The van der Waals surface area contributed by atoms with Crippen molar-refractivity contribution in [3.63, 3.8) is 0 Å². The highest BCUT2D eigenvalue weighted by molar-refractivity contribution is 5.85. The number of aryl methyl sites for hydroxylation is 1. The standard InChI is InChI=1S/C23H26N2/c1-2-7-19(8-3-1)18-25-16-15-24-17-22(25)14-13-21-11-6-10-20-9-4-5-12-23(20)21/h1-12,22,24H,13-18H2. The normalized spacial score (nSPS) is 18.5. The molecule has 1 fully saturated rings. The van der Waals surface area contributed by atoms with E-state index in [0.29, 0.717) is 6.04 Å². The number of hydrogen-bond acceptors (Lipinski definition) is 2. The summed E-state index contributed by atoms with van der Waals surface area (Å²) in [5, 5.41) is 6.34. The van der Waals surface area contributed by atoms with Crippen LogP contribution < -0.4 is 5.32 Å². The highest BCUT2D eigenvalue weighted by Gasteiger charge is 2.22. The quantitative estimate of drug-likeness (QED) is 0.752. The monoisotopic (exact) mass is 330 g/mol. The van der Waals surface area contributed by atoms with E-state index in [4.69, 9.17) is 0 Å². The summed E-state index contributed by atoms with van der Waals surface area (Å²) >= 11 is 0. The van der Waals surface area contributed by atoms with Crippen molar-refractivity contribution in [2.24, 2.45) is 0 Å². The minimum Gasteiger partial charge on any atom is -0.314 e. The fourth-order valence-corrected chi connectivity index (χ4v) is 3.95. The van der Waals surface area contributed by atoms with Crippen LogP contribution in [0.25, 0.3) is 10.8 Å². The van der Waals surface area contributed by atoms with Gasteiger partial charge >= 0.3 is 0 Å². The lowest BCUT2D eigenvalue weighted by Gasteiger charge is -2.36. The molecular weight excluding hydrogens is 304 g/mol. The number of hydrogen-bond donors (Lipinski definition) is 1. The summed E-state index contributed by atoms with van der Waals surface area (Å²) in [5.41, 5.74) is 2.89. The van der Waals surface area contributed by atoms with Gasteiger partial charge in [-0.05, 0) is 34.7 Å². The van der Waals surface area contributed by atoms with Gasteiger partial charge in [0, 0.05) is 32.2 Å². The molecule has 0 aromatic heterocycles. The van der Waals surface area contributed by atoms with Gasteiger partial charge in [-0.25, -0.2) is 0 Å². The summed E-state index contributed by atoms with van der Waals surface area (Å²) in [6, 6.07) is 26.9. The van der Waals surface area contributed by atoms with Crippen LogP contribution in [0, 0.1) is 0 Å². The zero-order valence-electron chi connectivity index (χ0n) is 14.7. The molecule has 2 nitrogen and oxygen atoms in total. The molecule has 0 amide bonds. The first-order valence-electron chi connectivity index (χ1n) is 9.35. The van der Waals surface area contributed by atoms with Gasteiger partial charge in [-0.1, -0.05) is 72.8 Å². The molecule has 25 heavy (non-hydrogen) atoms. The van der Waals surface area contributed by atoms with E-state index >= 15 is 0 Å². The molecule has 3 aromatic carbocycles. The van der Waals surface area contributed by atoms with Crippen molar-refractivity contribution in [3.8, 4) is 0 Å². The Labute approximate surface area is 150 Å². The van der Waals surface area contributed by atoms with Crippen LogP contribution in [0.15, 0.2) is 72.8 Å². The second-order valence-corrected chi connectivity index (χ2v) is 6.99. The second-order valence-electron chi connectivity index (χ2n) is 6.99. The van der Waals surface area contributed by atoms with Gasteiger partial charge in [0.15, 0.2) is 0 Å². The number of piperazine rings is 1. The fraction of sp³-hybridized carbons (Fsp3) is 0.304. The smallest absolute Gasteiger partial charge is 0.0237 e. The van der Waals surface area contributed by atoms with Crippen molar-refractivity contribution in [1.82, 2.24) is 10.2 Å². The Morgan fingerprint density at radius 2 is 1.68 bits per heavy atom. The van der Waals surface area contributed by atoms with E-state index in [-0.39, 0.29) is 0 Å². The number of nitrogens with one attached hydrogen (secondary N) is 1. The van der Waals surface area contributed by atoms with Gasteiger partial charge in [0.2, 0.25) is 0 Å². The first-order chi connectivity index (χ1) is 12.4. The average Bonchev–Trinajstić information content (AvgIpc) is 2.68. The minimum atomic E-state index is 0.605. The maximum absolute atomic E-state index is 3.58. The molecule has 2 heteroatoms. The molecule has 3 aromatic rings. The molecule has 1 saturated heterocycles. The number of fused-ring (bicyclic) bond motifs is 1. The summed E-state index contributed by atoms with van der Waals surface area (Å²) in [7, 11) is 0. The van der Waals surface area contributed by atoms with E-state index < -0.39 is 0 Å². The molecule has 1 N–H and O–H groups in total. The van der Waals surface area contributed by atoms with Gasteiger partial charge in [0.05, 0.1) is 0 Å². The van der Waals surface area contributed by atoms with Crippen molar-refractivity contribution in [3.05, 3.63) is 83.9 Å². The van der Waals surface area contributed by atoms with E-state index in [2.05, 4.69) is 83.0 Å². The van der Waals surface area contributed by atoms with Gasteiger partial charge in [0.25, 0.3) is 0 Å². The third-order valence-corrected chi connectivity index (χ3v) is 5.33. The second kappa shape index (κ2) is 7.81. The van der Waals surface area contributed by atoms with Crippen LogP contribution in [0.5, 0.6) is 0 Å². The van der Waals surface area contributed by atoms with E-state index in [9.17, 15) is 0 Å². The molecule has 1 aliphatic heterocycles. The Balaban J connectivity index is 1.46. The maximum atomic E-state index is 3.58. The number of rotatable bonds is 5. The van der Waals surface area contributed by atoms with Gasteiger partial charge < -0.3 is 5.32 Å². The first-order valence-corrected chi connectivity index (χ1v) is 9.35. The molecule has 1 aliphatic rings. The van der Waals surface area contributed by atoms with Gasteiger partial charge in [-0.15, -0.1) is 0 Å². The first kappa shape index (κ1) is 16.3. The number of nitrogens with zero attached hydrogens (tertiary/aromatic N) is 1. The average molecular weight is 330 g/mol. The van der Waals surface area contributed by atoms with E-state index in [1.165, 1.54) is 28.3 Å². The predicted octanol–water partition coefficient (Wildman–Crippen LogP) is 4.25. The summed E-state index contributed by atoms with van der Waals surface area (Å²) < 4.78 is 0. The Morgan fingerprint density at radius 3 is 2.60 bits per heavy atom. The van der Waals surface area contributed by atoms with Crippen molar-refractivity contribution < 1.29 is 0 Å². The lowest BCUT2D eigenvalue weighted by atomic mass is 9.97. The summed E-state index contributed by atoms with van der Waals surface area (Å²) in [5.74, 6) is 0. The number of benzene rings is 3. The fourth-order valence-electron chi connectivity index (χ4n) is 3.95. The third kappa shape index (κ3) is 3.92. The molecule has 0 radical (unpaired) electrons. The van der Waals surface area contributed by atoms with E-state index in [1.807, 2.05) is 0 Å². The molecular formula is C23H26N2. The Hall–Kier alpha value is -2.16. The summed E-state index contributed by atoms with van der Waals surface area (Å²) in [4.78, 5) is 2.65. The van der Waals surface area contributed by atoms with Gasteiger partial charge in [-0.2, -0.15) is 0 Å². The molecule has 0 saturated carbocycles. The molecule has 0 spiro atoms. The molecule has 128 valence electrons. The zero-order chi connectivity index (χ0) is 16.9. The molecule has 0 bridgehead atoms. The summed E-state index contributed by atoms with van der Waals surface area (Å²) in [6.45, 7) is 4.38. The molecule has 0 aliphatic carbocycles. The van der Waals surface area contributed by atoms with Gasteiger partial charge in [-0.3, -0.25) is 4.90 Å². The van der Waals surface area contributed by atoms with Crippen LogP contribution >= 0.6 is 0 Å². The van der Waals surface area contributed by atoms with Crippen LogP contribution in [-0.2, 0) is 13.0 Å². The van der Waals surface area contributed by atoms with Crippen LogP contribution in [0.1, 0.15) is 17.5 Å². The highest BCUT2D eigenvalue weighted by Crippen LogP contribution is 2.22. The van der Waals surface area contributed by atoms with Crippen molar-refractivity contribution in [1.29, 1.82) is 0 Å². The molecule has 1 atom stereocenters. The predicted molar refractivity (Wildman–Crippen MR) is 106 cm³/mol. The molecule has 1 heterocycles. The largest absolute Gasteiger partial charge is 0.314 e. The van der Waals surface area contributed by atoms with Crippen molar-refractivity contribution >= 4 is 10.8 Å².